The Labute approximate surface area is 161 Å². The van der Waals surface area contributed by atoms with Crippen LogP contribution in [0.5, 0.6) is 0 Å². The predicted molar refractivity (Wildman–Crippen MR) is 107 cm³/mol. The Morgan fingerprint density at radius 2 is 1.57 bits per heavy atom. The zero-order valence-electron chi connectivity index (χ0n) is 15.8. The molecule has 3 aromatic rings. The van der Waals surface area contributed by atoms with E-state index < -0.39 is 11.2 Å². The summed E-state index contributed by atoms with van der Waals surface area (Å²) in [6, 6.07) is 13.2. The van der Waals surface area contributed by atoms with Gasteiger partial charge in [0.2, 0.25) is 0 Å². The molecule has 1 amide bonds. The number of piperazine rings is 1. The van der Waals surface area contributed by atoms with Gasteiger partial charge in [-0.15, -0.1) is 0 Å². The summed E-state index contributed by atoms with van der Waals surface area (Å²) in [5.74, 6) is -0.192. The van der Waals surface area contributed by atoms with E-state index in [4.69, 9.17) is 0 Å². The van der Waals surface area contributed by atoms with Gasteiger partial charge in [0.05, 0.1) is 5.39 Å². The first-order chi connectivity index (χ1) is 13.5. The number of rotatable bonds is 2. The van der Waals surface area contributed by atoms with E-state index in [9.17, 15) is 14.4 Å². The molecule has 1 fully saturated rings. The zero-order chi connectivity index (χ0) is 19.8. The summed E-state index contributed by atoms with van der Waals surface area (Å²) in [7, 11) is 2.97. The smallest absolute Gasteiger partial charge is 0.332 e. The highest BCUT2D eigenvalue weighted by atomic mass is 16.2. The molecule has 0 atom stereocenters. The Morgan fingerprint density at radius 1 is 0.893 bits per heavy atom. The molecule has 1 aliphatic rings. The highest BCUT2D eigenvalue weighted by Crippen LogP contribution is 2.17. The SMILES string of the molecule is Cn1c(=O)c2ccc(C(=O)N3CCN(c4ccccc4)CC3)nc2n(C)c1=O. The van der Waals surface area contributed by atoms with Crippen LogP contribution in [0.15, 0.2) is 52.1 Å². The first kappa shape index (κ1) is 18.0. The van der Waals surface area contributed by atoms with Gasteiger partial charge in [0.25, 0.3) is 11.5 Å². The van der Waals surface area contributed by atoms with Crippen molar-refractivity contribution < 1.29 is 4.79 Å². The van der Waals surface area contributed by atoms with Crippen molar-refractivity contribution in [2.75, 3.05) is 31.1 Å². The number of nitrogens with zero attached hydrogens (tertiary/aromatic N) is 5. The molecule has 4 rings (SSSR count). The van der Waals surface area contributed by atoms with E-state index in [1.165, 1.54) is 11.6 Å². The van der Waals surface area contributed by atoms with Crippen molar-refractivity contribution in [3.63, 3.8) is 0 Å². The number of fused-ring (bicyclic) bond motifs is 1. The van der Waals surface area contributed by atoms with Crippen molar-refractivity contribution in [3.05, 3.63) is 69.0 Å². The van der Waals surface area contributed by atoms with Crippen molar-refractivity contribution in [1.29, 1.82) is 0 Å². The summed E-state index contributed by atoms with van der Waals surface area (Å²) in [6.07, 6.45) is 0. The summed E-state index contributed by atoms with van der Waals surface area (Å²) >= 11 is 0. The van der Waals surface area contributed by atoms with E-state index in [2.05, 4.69) is 22.0 Å². The summed E-state index contributed by atoms with van der Waals surface area (Å²) in [5.41, 5.74) is 0.724. The number of carbonyl (C=O) groups is 1. The van der Waals surface area contributed by atoms with Gasteiger partial charge in [0, 0.05) is 46.0 Å². The number of hydrogen-bond donors (Lipinski definition) is 0. The number of carbonyl (C=O) groups excluding carboxylic acids is 1. The van der Waals surface area contributed by atoms with Crippen LogP contribution in [-0.4, -0.2) is 51.1 Å². The molecule has 0 spiro atoms. The Bertz CT molecular complexity index is 1160. The number of para-hydroxylation sites is 1. The van der Waals surface area contributed by atoms with Crippen molar-refractivity contribution in [3.8, 4) is 0 Å². The van der Waals surface area contributed by atoms with Crippen molar-refractivity contribution >= 4 is 22.6 Å². The summed E-state index contributed by atoms with van der Waals surface area (Å²) in [4.78, 5) is 45.6. The molecule has 0 aliphatic carbocycles. The lowest BCUT2D eigenvalue weighted by Crippen LogP contribution is -2.49. The van der Waals surface area contributed by atoms with E-state index in [1.54, 1.807) is 24.1 Å². The summed E-state index contributed by atoms with van der Waals surface area (Å²) in [5, 5.41) is 0.315. The average Bonchev–Trinajstić information content (AvgIpc) is 2.76. The van der Waals surface area contributed by atoms with E-state index in [0.717, 1.165) is 23.3 Å². The fraction of sp³-hybridized carbons (Fsp3) is 0.300. The van der Waals surface area contributed by atoms with Gasteiger partial charge < -0.3 is 9.80 Å². The first-order valence-electron chi connectivity index (χ1n) is 9.13. The standard InChI is InChI=1S/C20H21N5O3/c1-22-17-15(18(26)23(2)20(22)28)8-9-16(21-17)19(27)25-12-10-24(11-13-25)14-6-4-3-5-7-14/h3-9H,10-13H2,1-2H3. The fourth-order valence-corrected chi connectivity index (χ4v) is 3.54. The molecule has 28 heavy (non-hydrogen) atoms. The van der Waals surface area contributed by atoms with Crippen molar-refractivity contribution in [2.24, 2.45) is 14.1 Å². The van der Waals surface area contributed by atoms with Gasteiger partial charge in [-0.2, -0.15) is 0 Å². The van der Waals surface area contributed by atoms with Gasteiger partial charge in [-0.1, -0.05) is 18.2 Å². The maximum absolute atomic E-state index is 12.9. The number of benzene rings is 1. The first-order valence-corrected chi connectivity index (χ1v) is 9.13. The molecule has 0 N–H and O–H groups in total. The van der Waals surface area contributed by atoms with Crippen molar-refractivity contribution in [2.45, 2.75) is 0 Å². The monoisotopic (exact) mass is 379 g/mol. The van der Waals surface area contributed by atoms with Gasteiger partial charge in [-0.3, -0.25) is 18.7 Å². The van der Waals surface area contributed by atoms with Crippen LogP contribution in [0.4, 0.5) is 5.69 Å². The molecule has 0 unspecified atom stereocenters. The number of anilines is 1. The molecule has 1 saturated heterocycles. The minimum absolute atomic E-state index is 0.192. The molecule has 8 nitrogen and oxygen atoms in total. The number of amides is 1. The molecule has 0 radical (unpaired) electrons. The van der Waals surface area contributed by atoms with Crippen LogP contribution in [0, 0.1) is 0 Å². The average molecular weight is 379 g/mol. The predicted octanol–water partition coefficient (Wildman–Crippen LogP) is 0.595. The minimum atomic E-state index is -0.467. The van der Waals surface area contributed by atoms with Gasteiger partial charge in [-0.05, 0) is 24.3 Å². The van der Waals surface area contributed by atoms with Crippen LogP contribution in [0.3, 0.4) is 0 Å². The molecular weight excluding hydrogens is 358 g/mol. The van der Waals surface area contributed by atoms with Crippen LogP contribution < -0.4 is 16.1 Å². The minimum Gasteiger partial charge on any atom is -0.368 e. The lowest BCUT2D eigenvalue weighted by atomic mass is 10.2. The molecule has 0 bridgehead atoms. The highest BCUT2D eigenvalue weighted by molar-refractivity contribution is 5.94. The van der Waals surface area contributed by atoms with Crippen LogP contribution in [0.25, 0.3) is 11.0 Å². The van der Waals surface area contributed by atoms with E-state index in [1.807, 2.05) is 18.2 Å². The quantitative estimate of drug-likeness (QED) is 0.651. The second-order valence-electron chi connectivity index (χ2n) is 6.89. The van der Waals surface area contributed by atoms with Gasteiger partial charge in [0.1, 0.15) is 11.3 Å². The van der Waals surface area contributed by atoms with Crippen LogP contribution in [-0.2, 0) is 14.1 Å². The van der Waals surface area contributed by atoms with E-state index in [0.29, 0.717) is 18.5 Å². The second-order valence-corrected chi connectivity index (χ2v) is 6.89. The molecule has 144 valence electrons. The van der Waals surface area contributed by atoms with Crippen LogP contribution >= 0.6 is 0 Å². The van der Waals surface area contributed by atoms with E-state index >= 15 is 0 Å². The molecule has 8 heteroatoms. The molecule has 1 aromatic carbocycles. The second kappa shape index (κ2) is 6.95. The molecule has 2 aromatic heterocycles. The summed E-state index contributed by atoms with van der Waals surface area (Å²) < 4.78 is 2.33. The largest absolute Gasteiger partial charge is 0.368 e. The van der Waals surface area contributed by atoms with Gasteiger partial charge in [0.15, 0.2) is 0 Å². The Kier molecular flexibility index (Phi) is 4.46. The summed E-state index contributed by atoms with van der Waals surface area (Å²) in [6.45, 7) is 2.65. The lowest BCUT2D eigenvalue weighted by molar-refractivity contribution is 0.0741. The molecule has 1 aliphatic heterocycles. The maximum atomic E-state index is 12.9. The third-order valence-electron chi connectivity index (χ3n) is 5.21. The Balaban J connectivity index is 1.58. The zero-order valence-corrected chi connectivity index (χ0v) is 15.8. The van der Waals surface area contributed by atoms with Crippen LogP contribution in [0.1, 0.15) is 10.5 Å². The number of hydrogen-bond acceptors (Lipinski definition) is 5. The maximum Gasteiger partial charge on any atom is 0.332 e. The Morgan fingerprint density at radius 3 is 2.25 bits per heavy atom. The highest BCUT2D eigenvalue weighted by Gasteiger charge is 2.24. The normalized spacial score (nSPS) is 14.5. The van der Waals surface area contributed by atoms with Crippen LogP contribution in [0.2, 0.25) is 0 Å². The molecule has 0 saturated carbocycles. The van der Waals surface area contributed by atoms with E-state index in [-0.39, 0.29) is 17.2 Å². The topological polar surface area (TPSA) is 80.4 Å². The fourth-order valence-electron chi connectivity index (χ4n) is 3.54. The molecular formula is C20H21N5O3. The van der Waals surface area contributed by atoms with Gasteiger partial charge in [-0.25, -0.2) is 9.78 Å². The lowest BCUT2D eigenvalue weighted by Gasteiger charge is -2.36. The third-order valence-corrected chi connectivity index (χ3v) is 5.21. The number of aryl methyl sites for hydroxylation is 1. The molecule has 3 heterocycles. The number of pyridine rings is 1. The number of aromatic nitrogens is 3. The third kappa shape index (κ3) is 2.96. The van der Waals surface area contributed by atoms with Crippen molar-refractivity contribution in [1.82, 2.24) is 19.0 Å². The Hall–Kier alpha value is -3.42. The van der Waals surface area contributed by atoms with Gasteiger partial charge >= 0.3 is 5.69 Å².